The summed E-state index contributed by atoms with van der Waals surface area (Å²) in [6.07, 6.45) is 4.29. The molecule has 1 N–H and O–H groups in total. The van der Waals surface area contributed by atoms with Crippen LogP contribution in [0.5, 0.6) is 0 Å². The highest BCUT2D eigenvalue weighted by atomic mass is 35.5. The van der Waals surface area contributed by atoms with Gasteiger partial charge in [-0.2, -0.15) is 0 Å². The van der Waals surface area contributed by atoms with Crippen LogP contribution in [0.25, 0.3) is 10.6 Å². The van der Waals surface area contributed by atoms with Crippen LogP contribution >= 0.6 is 22.9 Å². The molecule has 9 heteroatoms. The van der Waals surface area contributed by atoms with Crippen molar-refractivity contribution < 1.29 is 13.4 Å². The van der Waals surface area contributed by atoms with E-state index in [1.807, 2.05) is 6.07 Å². The molecule has 0 aliphatic rings. The second-order valence-corrected chi connectivity index (χ2v) is 9.78. The molecule has 3 aromatic heterocycles. The molecular formula is C20H14ClN3O3S2. The van der Waals surface area contributed by atoms with Gasteiger partial charge in [-0.1, -0.05) is 41.9 Å². The van der Waals surface area contributed by atoms with Crippen LogP contribution in [0.15, 0.2) is 75.9 Å². The third kappa shape index (κ3) is 4.09. The van der Waals surface area contributed by atoms with Crippen molar-refractivity contribution in [3.63, 3.8) is 0 Å². The lowest BCUT2D eigenvalue weighted by atomic mass is 10.0. The minimum atomic E-state index is -2.99. The fourth-order valence-electron chi connectivity index (χ4n) is 2.61. The van der Waals surface area contributed by atoms with Gasteiger partial charge in [-0.25, -0.2) is 14.2 Å². The molecular weight excluding hydrogens is 430 g/mol. The Labute approximate surface area is 176 Å². The van der Waals surface area contributed by atoms with Crippen LogP contribution in [0.3, 0.4) is 0 Å². The number of nitrogens with zero attached hydrogens (tertiary/aromatic N) is 2. The Bertz CT molecular complexity index is 1270. The zero-order chi connectivity index (χ0) is 20.4. The van der Waals surface area contributed by atoms with Gasteiger partial charge in [0.2, 0.25) is 0 Å². The predicted molar refractivity (Wildman–Crippen MR) is 116 cm³/mol. The molecule has 0 aliphatic heterocycles. The van der Waals surface area contributed by atoms with Crippen molar-refractivity contribution in [2.45, 2.75) is 4.21 Å². The van der Waals surface area contributed by atoms with Crippen molar-refractivity contribution in [1.82, 2.24) is 9.97 Å². The van der Waals surface area contributed by atoms with Crippen LogP contribution in [-0.4, -0.2) is 25.8 Å². The second kappa shape index (κ2) is 7.82. The number of ketones is 1. The summed E-state index contributed by atoms with van der Waals surface area (Å²) in [5.74, 6) is 4.26. The Morgan fingerprint density at radius 2 is 1.97 bits per heavy atom. The first-order valence-electron chi connectivity index (χ1n) is 8.33. The van der Waals surface area contributed by atoms with Gasteiger partial charge in [0.25, 0.3) is 0 Å². The highest BCUT2D eigenvalue weighted by molar-refractivity contribution is 8.03. The van der Waals surface area contributed by atoms with Crippen LogP contribution in [0, 0.1) is 0 Å². The first-order chi connectivity index (χ1) is 13.9. The van der Waals surface area contributed by atoms with Crippen molar-refractivity contribution in [3.8, 4) is 10.6 Å². The van der Waals surface area contributed by atoms with Crippen molar-refractivity contribution in [3.05, 3.63) is 83.5 Å². The molecule has 0 aliphatic carbocycles. The molecule has 1 unspecified atom stereocenters. The lowest BCUT2D eigenvalue weighted by molar-refractivity contribution is 0.103. The first kappa shape index (κ1) is 19.4. The molecule has 6 nitrogen and oxygen atoms in total. The van der Waals surface area contributed by atoms with E-state index < -0.39 is 9.71 Å². The Kier molecular flexibility index (Phi) is 5.23. The maximum Gasteiger partial charge on any atom is 0.196 e. The molecule has 3 heterocycles. The average molecular weight is 444 g/mol. The number of carbonyl (C=O) groups excluding carboxylic acids is 1. The van der Waals surface area contributed by atoms with E-state index in [9.17, 15) is 9.00 Å². The van der Waals surface area contributed by atoms with Gasteiger partial charge < -0.3 is 4.42 Å². The van der Waals surface area contributed by atoms with Crippen LogP contribution in [-0.2, 0) is 9.71 Å². The molecule has 29 heavy (non-hydrogen) atoms. The lowest BCUT2D eigenvalue weighted by Gasteiger charge is -2.14. The molecule has 0 amide bonds. The normalized spacial score (nSPS) is 13.0. The van der Waals surface area contributed by atoms with Crippen molar-refractivity contribution in [1.29, 1.82) is 0 Å². The highest BCUT2D eigenvalue weighted by Crippen LogP contribution is 2.32. The van der Waals surface area contributed by atoms with Gasteiger partial charge in [0, 0.05) is 11.8 Å². The predicted octanol–water partition coefficient (Wildman–Crippen LogP) is 4.78. The summed E-state index contributed by atoms with van der Waals surface area (Å²) in [5, 5.41) is 0.300. The Hall–Kier alpha value is -2.94. The number of rotatable bonds is 6. The van der Waals surface area contributed by atoms with Gasteiger partial charge in [0.05, 0.1) is 31.4 Å². The van der Waals surface area contributed by atoms with Gasteiger partial charge in [0.15, 0.2) is 17.9 Å². The molecule has 0 bridgehead atoms. The number of anilines is 1. The number of thiophene rings is 1. The average Bonchev–Trinajstić information content (AvgIpc) is 3.41. The molecule has 1 atom stereocenters. The number of nitrogens with one attached hydrogen (secondary N) is 1. The second-order valence-electron chi connectivity index (χ2n) is 6.01. The molecule has 0 spiro atoms. The monoisotopic (exact) mass is 443 g/mol. The molecule has 1 aromatic carbocycles. The number of oxazole rings is 1. The summed E-state index contributed by atoms with van der Waals surface area (Å²) in [6, 6.07) is 13.7. The zero-order valence-corrected chi connectivity index (χ0v) is 17.3. The number of aromatic nitrogens is 2. The van der Waals surface area contributed by atoms with Crippen LogP contribution in [0.2, 0.25) is 5.02 Å². The van der Waals surface area contributed by atoms with E-state index in [0.29, 0.717) is 20.6 Å². The quantitative estimate of drug-likeness (QED) is 0.342. The van der Waals surface area contributed by atoms with E-state index in [-0.39, 0.29) is 17.2 Å². The van der Waals surface area contributed by atoms with Gasteiger partial charge in [-0.15, -0.1) is 11.3 Å². The highest BCUT2D eigenvalue weighted by Gasteiger charge is 2.20. The first-order valence-corrected chi connectivity index (χ1v) is 11.3. The largest absolute Gasteiger partial charge is 0.443 e. The maximum atomic E-state index is 13.3. The van der Waals surface area contributed by atoms with E-state index in [0.717, 1.165) is 4.88 Å². The van der Waals surface area contributed by atoms with Crippen LogP contribution in [0.1, 0.15) is 15.9 Å². The molecule has 4 rings (SSSR count). The molecule has 0 saturated heterocycles. The summed E-state index contributed by atoms with van der Waals surface area (Å²) >= 11 is 7.31. The summed E-state index contributed by atoms with van der Waals surface area (Å²) in [6.45, 7) is 0. The molecule has 0 radical (unpaired) electrons. The summed E-state index contributed by atoms with van der Waals surface area (Å²) < 4.78 is 21.9. The summed E-state index contributed by atoms with van der Waals surface area (Å²) in [4.78, 5) is 21.8. The van der Waals surface area contributed by atoms with Crippen molar-refractivity contribution in [2.75, 3.05) is 4.72 Å². The summed E-state index contributed by atoms with van der Waals surface area (Å²) in [7, 11) is -2.99. The Morgan fingerprint density at radius 3 is 2.69 bits per heavy atom. The molecule has 0 fully saturated rings. The van der Waals surface area contributed by atoms with Crippen molar-refractivity contribution >= 4 is 50.1 Å². The number of halogens is 1. The lowest BCUT2D eigenvalue weighted by Crippen LogP contribution is -2.16. The number of carbonyl (C=O) groups is 1. The fraction of sp³-hybridized carbons (Fsp3) is 0. The fourth-order valence-corrected chi connectivity index (χ4v) is 5.26. The third-order valence-corrected chi connectivity index (χ3v) is 7.45. The van der Waals surface area contributed by atoms with Crippen LogP contribution in [0.4, 0.5) is 5.82 Å². The molecule has 4 aromatic rings. The van der Waals surface area contributed by atoms with Gasteiger partial charge in [0.1, 0.15) is 10.0 Å². The SMILES string of the molecule is C=S(=O)(Nc1ncc(Cl)cc1C(=O)c1ccccc1)c1ccc(-c2cnco2)s1. The van der Waals surface area contributed by atoms with E-state index in [2.05, 4.69) is 20.6 Å². The minimum absolute atomic E-state index is 0.151. The topological polar surface area (TPSA) is 85.1 Å². The van der Waals surface area contributed by atoms with Gasteiger partial charge in [-0.05, 0) is 24.1 Å². The standard InChI is InChI=1S/C20H14ClN3O3S2/c1-29(26,18-8-7-17(28-18)16-11-22-12-27-16)24-20-15(9-14(21)10-23-20)19(25)13-5-3-2-4-6-13/h2-12H,1H2,(H,23,24,26). The zero-order valence-electron chi connectivity index (χ0n) is 14.9. The number of hydrogen-bond acceptors (Lipinski definition) is 6. The Morgan fingerprint density at radius 1 is 1.17 bits per heavy atom. The number of hydrogen-bond donors (Lipinski definition) is 1. The molecule has 0 saturated carbocycles. The summed E-state index contributed by atoms with van der Waals surface area (Å²) in [5.41, 5.74) is 0.686. The Balaban J connectivity index is 1.68. The maximum absolute atomic E-state index is 13.3. The van der Waals surface area contributed by atoms with Crippen molar-refractivity contribution in [2.24, 2.45) is 0 Å². The van der Waals surface area contributed by atoms with E-state index in [1.54, 1.807) is 42.6 Å². The van der Waals surface area contributed by atoms with Gasteiger partial charge in [-0.3, -0.25) is 9.52 Å². The van der Waals surface area contributed by atoms with E-state index in [4.69, 9.17) is 16.0 Å². The van der Waals surface area contributed by atoms with Crippen LogP contribution < -0.4 is 4.72 Å². The number of pyridine rings is 1. The van der Waals surface area contributed by atoms with E-state index >= 15 is 0 Å². The smallest absolute Gasteiger partial charge is 0.196 e. The molecule has 146 valence electrons. The van der Waals surface area contributed by atoms with Gasteiger partial charge >= 0.3 is 0 Å². The third-order valence-electron chi connectivity index (χ3n) is 3.98. The minimum Gasteiger partial charge on any atom is -0.443 e. The number of benzene rings is 1. The van der Waals surface area contributed by atoms with E-state index in [1.165, 1.54) is 30.0 Å².